The third kappa shape index (κ3) is 6.79. The van der Waals surface area contributed by atoms with Crippen molar-refractivity contribution >= 4 is 17.7 Å². The summed E-state index contributed by atoms with van der Waals surface area (Å²) in [5.41, 5.74) is 0.719. The van der Waals surface area contributed by atoms with E-state index in [9.17, 15) is 14.9 Å². The molecule has 0 aliphatic rings. The number of hydrogen-bond donors (Lipinski definition) is 0. The first-order valence-corrected chi connectivity index (χ1v) is 8.17. The van der Waals surface area contributed by atoms with Gasteiger partial charge in [0.2, 0.25) is 0 Å². The summed E-state index contributed by atoms with van der Waals surface area (Å²) in [6.07, 6.45) is 3.49. The van der Waals surface area contributed by atoms with Gasteiger partial charge >= 0.3 is 5.97 Å². The van der Waals surface area contributed by atoms with E-state index in [1.807, 2.05) is 33.8 Å². The molecule has 1 aromatic rings. The maximum atomic E-state index is 12.4. The zero-order chi connectivity index (χ0) is 19.0. The number of allylic oxidation sites excluding steroid dienone is 1. The molecule has 0 N–H and O–H groups in total. The van der Waals surface area contributed by atoms with E-state index in [4.69, 9.17) is 9.47 Å². The van der Waals surface area contributed by atoms with Crippen LogP contribution in [0.25, 0.3) is 6.08 Å². The Hall–Kier alpha value is -2.63. The van der Waals surface area contributed by atoms with Gasteiger partial charge in [0.25, 0.3) is 5.69 Å². The van der Waals surface area contributed by atoms with Crippen molar-refractivity contribution in [3.05, 3.63) is 57.4 Å². The summed E-state index contributed by atoms with van der Waals surface area (Å²) in [7, 11) is 0. The largest absolute Gasteiger partial charge is 0.493 e. The lowest BCUT2D eigenvalue weighted by Crippen LogP contribution is -2.14. The van der Waals surface area contributed by atoms with E-state index in [1.54, 1.807) is 25.1 Å². The third-order valence-electron chi connectivity index (χ3n) is 3.04. The Labute approximate surface area is 148 Å². The van der Waals surface area contributed by atoms with Crippen molar-refractivity contribution in [1.82, 2.24) is 0 Å². The van der Waals surface area contributed by atoms with Gasteiger partial charge in [-0.1, -0.05) is 20.8 Å². The molecule has 0 spiro atoms. The van der Waals surface area contributed by atoms with Gasteiger partial charge in [0, 0.05) is 12.1 Å². The molecule has 0 fully saturated rings. The van der Waals surface area contributed by atoms with Crippen molar-refractivity contribution in [1.29, 1.82) is 0 Å². The zero-order valence-electron chi connectivity index (χ0n) is 15.4. The highest BCUT2D eigenvalue weighted by molar-refractivity contribution is 5.98. The molecule has 0 bridgehead atoms. The van der Waals surface area contributed by atoms with Crippen LogP contribution in [0.4, 0.5) is 5.69 Å². The van der Waals surface area contributed by atoms with Crippen LogP contribution in [-0.2, 0) is 14.3 Å². The molecule has 6 heteroatoms. The van der Waals surface area contributed by atoms with Gasteiger partial charge in [-0.2, -0.15) is 0 Å². The number of ether oxygens (including phenoxy) is 2. The maximum absolute atomic E-state index is 12.4. The minimum atomic E-state index is -0.496. The third-order valence-corrected chi connectivity index (χ3v) is 3.04. The van der Waals surface area contributed by atoms with Gasteiger partial charge < -0.3 is 9.47 Å². The lowest BCUT2D eigenvalue weighted by atomic mass is 9.94. The van der Waals surface area contributed by atoms with E-state index < -0.39 is 10.9 Å². The quantitative estimate of drug-likeness (QED) is 0.181. The monoisotopic (exact) mass is 347 g/mol. The molecule has 0 atom stereocenters. The van der Waals surface area contributed by atoms with E-state index in [0.717, 1.165) is 0 Å². The molecule has 1 aromatic carbocycles. The molecule has 0 aromatic heterocycles. The van der Waals surface area contributed by atoms with Crippen molar-refractivity contribution < 1.29 is 19.2 Å². The van der Waals surface area contributed by atoms with Crippen molar-refractivity contribution in [3.8, 4) is 0 Å². The molecule has 0 aliphatic heterocycles. The first kappa shape index (κ1) is 20.4. The summed E-state index contributed by atoms with van der Waals surface area (Å²) in [4.78, 5) is 22.7. The maximum Gasteiger partial charge on any atom is 0.341 e. The van der Waals surface area contributed by atoms with Crippen molar-refractivity contribution in [2.45, 2.75) is 34.6 Å². The van der Waals surface area contributed by atoms with Gasteiger partial charge in [-0.15, -0.1) is 0 Å². The van der Waals surface area contributed by atoms with Crippen LogP contribution in [0, 0.1) is 15.5 Å². The van der Waals surface area contributed by atoms with Crippen LogP contribution in [0.15, 0.2) is 41.7 Å². The second kappa shape index (κ2) is 9.01. The fourth-order valence-electron chi connectivity index (χ4n) is 2.04. The van der Waals surface area contributed by atoms with Crippen molar-refractivity contribution in [3.63, 3.8) is 0 Å². The predicted molar refractivity (Wildman–Crippen MR) is 96.9 cm³/mol. The molecular weight excluding hydrogens is 322 g/mol. The average molecular weight is 347 g/mol. The predicted octanol–water partition coefficient (Wildman–Crippen LogP) is 4.51. The first-order chi connectivity index (χ1) is 11.7. The molecule has 0 saturated carbocycles. The number of nitro groups is 1. The van der Waals surface area contributed by atoms with Crippen LogP contribution in [0.2, 0.25) is 0 Å². The minimum absolute atomic E-state index is 0.00917. The van der Waals surface area contributed by atoms with Crippen LogP contribution in [-0.4, -0.2) is 24.1 Å². The SMILES string of the molecule is CCOC(=O)C(=C/c1ccc([N+](=O)[O-])cc1)/C(=C\C(C)(C)C)OCC. The number of non-ortho nitro benzene ring substituents is 1. The molecule has 1 rings (SSSR count). The molecule has 136 valence electrons. The van der Waals surface area contributed by atoms with Crippen molar-refractivity contribution in [2.24, 2.45) is 5.41 Å². The number of carbonyl (C=O) groups is 1. The molecular formula is C19H25NO5. The highest BCUT2D eigenvalue weighted by Gasteiger charge is 2.20. The summed E-state index contributed by atoms with van der Waals surface area (Å²) in [6.45, 7) is 10.2. The Morgan fingerprint density at radius 3 is 2.12 bits per heavy atom. The Morgan fingerprint density at radius 2 is 1.68 bits per heavy atom. The second-order valence-electron chi connectivity index (χ2n) is 6.43. The van der Waals surface area contributed by atoms with Gasteiger partial charge in [-0.05, 0) is 49.1 Å². The molecule has 0 aliphatic carbocycles. The molecule has 6 nitrogen and oxygen atoms in total. The minimum Gasteiger partial charge on any atom is -0.493 e. The Kier molecular flexibility index (Phi) is 7.36. The van der Waals surface area contributed by atoms with Crippen molar-refractivity contribution in [2.75, 3.05) is 13.2 Å². The highest BCUT2D eigenvalue weighted by atomic mass is 16.6. The van der Waals surface area contributed by atoms with E-state index in [-0.39, 0.29) is 23.3 Å². The van der Waals surface area contributed by atoms with E-state index in [2.05, 4.69) is 0 Å². The number of hydrogen-bond acceptors (Lipinski definition) is 5. The van der Waals surface area contributed by atoms with Crippen LogP contribution in [0.3, 0.4) is 0 Å². The van der Waals surface area contributed by atoms with E-state index in [0.29, 0.717) is 17.9 Å². The number of benzene rings is 1. The Bertz CT molecular complexity index is 666. The molecule has 0 saturated heterocycles. The molecule has 0 amide bonds. The number of nitro benzene ring substituents is 1. The fraction of sp³-hybridized carbons (Fsp3) is 0.421. The van der Waals surface area contributed by atoms with Crippen LogP contribution in [0.1, 0.15) is 40.2 Å². The highest BCUT2D eigenvalue weighted by Crippen LogP contribution is 2.25. The summed E-state index contributed by atoms with van der Waals surface area (Å²) in [5.74, 6) is -0.0587. The zero-order valence-corrected chi connectivity index (χ0v) is 15.4. The number of esters is 1. The van der Waals surface area contributed by atoms with Gasteiger partial charge in [0.05, 0.1) is 18.1 Å². The van der Waals surface area contributed by atoms with Gasteiger partial charge in [0.15, 0.2) is 0 Å². The Balaban J connectivity index is 3.37. The van der Waals surface area contributed by atoms with Gasteiger partial charge in [-0.3, -0.25) is 10.1 Å². The smallest absolute Gasteiger partial charge is 0.341 e. The lowest BCUT2D eigenvalue weighted by Gasteiger charge is -2.18. The second-order valence-corrected chi connectivity index (χ2v) is 6.43. The summed E-state index contributed by atoms with van der Waals surface area (Å²) < 4.78 is 10.8. The summed E-state index contributed by atoms with van der Waals surface area (Å²) in [5, 5.41) is 10.8. The average Bonchev–Trinajstić information content (AvgIpc) is 2.51. The normalized spacial score (nSPS) is 12.7. The van der Waals surface area contributed by atoms with Crippen LogP contribution in [0.5, 0.6) is 0 Å². The number of nitrogens with zero attached hydrogens (tertiary/aromatic N) is 1. The number of carbonyl (C=O) groups excluding carboxylic acids is 1. The first-order valence-electron chi connectivity index (χ1n) is 8.17. The standard InChI is InChI=1S/C19H25NO5/c1-6-24-17(13-19(3,4)5)16(18(21)25-7-2)12-14-8-10-15(11-9-14)20(22)23/h8-13H,6-7H2,1-5H3/b16-12+,17-13+. The topological polar surface area (TPSA) is 78.7 Å². The van der Waals surface area contributed by atoms with Gasteiger partial charge in [0.1, 0.15) is 11.3 Å². The van der Waals surface area contributed by atoms with Crippen LogP contribution >= 0.6 is 0 Å². The lowest BCUT2D eigenvalue weighted by molar-refractivity contribution is -0.384. The molecule has 25 heavy (non-hydrogen) atoms. The molecule has 0 heterocycles. The van der Waals surface area contributed by atoms with Crippen LogP contribution < -0.4 is 0 Å². The molecule has 0 radical (unpaired) electrons. The summed E-state index contributed by atoms with van der Waals surface area (Å²) >= 11 is 0. The molecule has 0 unspecified atom stereocenters. The summed E-state index contributed by atoms with van der Waals surface area (Å²) in [6, 6.07) is 5.95. The van der Waals surface area contributed by atoms with E-state index >= 15 is 0 Å². The Morgan fingerprint density at radius 1 is 1.12 bits per heavy atom. The van der Waals surface area contributed by atoms with Gasteiger partial charge in [-0.25, -0.2) is 4.79 Å². The fourth-order valence-corrected chi connectivity index (χ4v) is 2.04. The number of rotatable bonds is 7. The van der Waals surface area contributed by atoms with E-state index in [1.165, 1.54) is 12.1 Å².